The van der Waals surface area contributed by atoms with E-state index >= 15 is 0 Å². The first-order chi connectivity index (χ1) is 13.2. The molecule has 0 aliphatic heterocycles. The summed E-state index contributed by atoms with van der Waals surface area (Å²) in [5.41, 5.74) is 3.96. The summed E-state index contributed by atoms with van der Waals surface area (Å²) in [6.07, 6.45) is 0.305. The van der Waals surface area contributed by atoms with E-state index in [9.17, 15) is 4.79 Å². The van der Waals surface area contributed by atoms with Crippen molar-refractivity contribution < 1.29 is 4.79 Å². The summed E-state index contributed by atoms with van der Waals surface area (Å²) >= 11 is 2.98. The molecule has 1 aromatic heterocycles. The summed E-state index contributed by atoms with van der Waals surface area (Å²) in [6.45, 7) is 2.40. The topological polar surface area (TPSA) is 57.0 Å². The van der Waals surface area contributed by atoms with Gasteiger partial charge in [0.05, 0.1) is 23.9 Å². The third-order valence-corrected chi connectivity index (χ3v) is 5.97. The van der Waals surface area contributed by atoms with E-state index in [0.29, 0.717) is 18.7 Å². The number of aromatic nitrogens is 1. The number of aryl methyl sites for hydroxylation is 1. The second-order valence-electron chi connectivity index (χ2n) is 5.94. The third kappa shape index (κ3) is 5.19. The largest absolute Gasteiger partial charge is 0.311 e. The second-order valence-corrected chi connectivity index (χ2v) is 8.02. The lowest BCUT2D eigenvalue weighted by molar-refractivity contribution is -0.116. The van der Waals surface area contributed by atoms with E-state index in [4.69, 9.17) is 5.26 Å². The van der Waals surface area contributed by atoms with Crippen molar-refractivity contribution in [3.63, 3.8) is 0 Å². The van der Waals surface area contributed by atoms with Crippen LogP contribution in [0.25, 0.3) is 11.3 Å². The van der Waals surface area contributed by atoms with Gasteiger partial charge in [-0.15, -0.1) is 11.3 Å². The molecule has 3 aromatic rings. The molecular weight excluding hydrogens is 374 g/mol. The maximum atomic E-state index is 12.8. The van der Waals surface area contributed by atoms with Gasteiger partial charge in [0.2, 0.25) is 5.91 Å². The lowest BCUT2D eigenvalue weighted by Crippen LogP contribution is -2.33. The fourth-order valence-electron chi connectivity index (χ4n) is 2.55. The Morgan fingerprint density at radius 3 is 2.63 bits per heavy atom. The predicted octanol–water partition coefficient (Wildman–Crippen LogP) is 5.16. The number of anilines is 1. The first kappa shape index (κ1) is 19.2. The lowest BCUT2D eigenvalue weighted by Gasteiger charge is -2.21. The van der Waals surface area contributed by atoms with E-state index in [2.05, 4.69) is 11.1 Å². The molecule has 136 valence electrons. The molecule has 0 atom stereocenters. The van der Waals surface area contributed by atoms with Crippen molar-refractivity contribution in [3.05, 3.63) is 65.5 Å². The predicted molar refractivity (Wildman–Crippen MR) is 112 cm³/mol. The number of thiazole rings is 1. The molecule has 0 saturated carbocycles. The van der Waals surface area contributed by atoms with Crippen molar-refractivity contribution in [1.29, 1.82) is 5.26 Å². The van der Waals surface area contributed by atoms with E-state index in [1.807, 2.05) is 66.9 Å². The van der Waals surface area contributed by atoms with Crippen LogP contribution >= 0.6 is 23.1 Å². The molecule has 6 heteroatoms. The molecule has 0 bridgehead atoms. The van der Waals surface area contributed by atoms with Crippen LogP contribution in [0.15, 0.2) is 64.3 Å². The van der Waals surface area contributed by atoms with Crippen LogP contribution in [0.5, 0.6) is 0 Å². The molecule has 3 rings (SSSR count). The number of hydrogen-bond donors (Lipinski definition) is 0. The van der Waals surface area contributed by atoms with Crippen molar-refractivity contribution in [1.82, 2.24) is 4.98 Å². The van der Waals surface area contributed by atoms with Crippen LogP contribution in [0.4, 0.5) is 5.69 Å². The molecular formula is C21H19N3OS2. The van der Waals surface area contributed by atoms with Gasteiger partial charge in [0.25, 0.3) is 0 Å². The van der Waals surface area contributed by atoms with Crippen LogP contribution in [-0.4, -0.2) is 23.2 Å². The summed E-state index contributed by atoms with van der Waals surface area (Å²) < 4.78 is 0.867. The van der Waals surface area contributed by atoms with Crippen LogP contribution in [0, 0.1) is 18.3 Å². The van der Waals surface area contributed by atoms with Crippen LogP contribution in [0.3, 0.4) is 0 Å². The number of nitriles is 1. The monoisotopic (exact) mass is 393 g/mol. The van der Waals surface area contributed by atoms with Crippen LogP contribution in [-0.2, 0) is 4.79 Å². The van der Waals surface area contributed by atoms with Crippen LogP contribution in [0.1, 0.15) is 12.0 Å². The third-order valence-electron chi connectivity index (χ3n) is 3.97. The van der Waals surface area contributed by atoms with Gasteiger partial charge in [-0.2, -0.15) is 5.26 Å². The average molecular weight is 394 g/mol. The van der Waals surface area contributed by atoms with Crippen molar-refractivity contribution in [2.24, 2.45) is 0 Å². The van der Waals surface area contributed by atoms with Crippen molar-refractivity contribution in [2.45, 2.75) is 17.7 Å². The van der Waals surface area contributed by atoms with Gasteiger partial charge in [-0.05, 0) is 19.1 Å². The molecule has 2 aromatic carbocycles. The van der Waals surface area contributed by atoms with Crippen LogP contribution < -0.4 is 4.90 Å². The minimum Gasteiger partial charge on any atom is -0.311 e. The van der Waals surface area contributed by atoms with Crippen LogP contribution in [0.2, 0.25) is 0 Å². The highest BCUT2D eigenvalue weighted by Crippen LogP contribution is 2.28. The van der Waals surface area contributed by atoms with Gasteiger partial charge in [-0.3, -0.25) is 4.79 Å². The van der Waals surface area contributed by atoms with E-state index in [-0.39, 0.29) is 5.91 Å². The minimum absolute atomic E-state index is 0.0180. The normalized spacial score (nSPS) is 10.4. The van der Waals surface area contributed by atoms with Gasteiger partial charge in [0.15, 0.2) is 4.34 Å². The van der Waals surface area contributed by atoms with Crippen molar-refractivity contribution >= 4 is 34.7 Å². The molecule has 0 aliphatic rings. The summed E-state index contributed by atoms with van der Waals surface area (Å²) in [5.74, 6) is 0.275. The van der Waals surface area contributed by atoms with E-state index in [1.54, 1.807) is 16.2 Å². The van der Waals surface area contributed by atoms with Gasteiger partial charge < -0.3 is 4.90 Å². The van der Waals surface area contributed by atoms with Gasteiger partial charge >= 0.3 is 0 Å². The Balaban J connectivity index is 1.66. The van der Waals surface area contributed by atoms with Crippen molar-refractivity contribution in [3.8, 4) is 17.3 Å². The number of amides is 1. The maximum absolute atomic E-state index is 12.8. The zero-order valence-electron chi connectivity index (χ0n) is 15.0. The Labute approximate surface area is 167 Å². The molecule has 0 radical (unpaired) electrons. The molecule has 27 heavy (non-hydrogen) atoms. The Hall–Kier alpha value is -2.62. The van der Waals surface area contributed by atoms with Gasteiger partial charge in [0.1, 0.15) is 0 Å². The van der Waals surface area contributed by atoms with Gasteiger partial charge in [-0.25, -0.2) is 4.98 Å². The molecule has 0 aliphatic carbocycles. The van der Waals surface area contributed by atoms with E-state index in [1.165, 1.54) is 11.8 Å². The average Bonchev–Trinajstić information content (AvgIpc) is 3.18. The highest BCUT2D eigenvalue weighted by Gasteiger charge is 2.17. The first-order valence-electron chi connectivity index (χ1n) is 8.55. The number of thioether (sulfide) groups is 1. The number of nitrogens with zero attached hydrogens (tertiary/aromatic N) is 3. The summed E-state index contributed by atoms with van der Waals surface area (Å²) in [5, 5.41) is 10.9. The fraction of sp³-hybridized carbons (Fsp3) is 0.190. The lowest BCUT2D eigenvalue weighted by atomic mass is 10.2. The number of carbonyl (C=O) groups is 1. The Kier molecular flexibility index (Phi) is 6.64. The number of carbonyl (C=O) groups excluding carboxylic acids is 1. The molecule has 0 fully saturated rings. The molecule has 0 N–H and O–H groups in total. The van der Waals surface area contributed by atoms with Crippen molar-refractivity contribution in [2.75, 3.05) is 17.2 Å². The number of hydrogen-bond acceptors (Lipinski definition) is 5. The summed E-state index contributed by atoms with van der Waals surface area (Å²) in [7, 11) is 0. The highest BCUT2D eigenvalue weighted by atomic mass is 32.2. The summed E-state index contributed by atoms with van der Waals surface area (Å²) in [6, 6.07) is 19.9. The zero-order chi connectivity index (χ0) is 19.1. The number of rotatable bonds is 7. The maximum Gasteiger partial charge on any atom is 0.237 e. The second kappa shape index (κ2) is 9.36. The standard InChI is InChI=1S/C21H19N3OS2/c1-16-8-10-18(11-9-16)24(13-5-12-22)20(25)15-27-21-23-19(14-26-21)17-6-3-2-4-7-17/h2-4,6-11,14H,5,13,15H2,1H3. The molecule has 0 spiro atoms. The molecule has 0 saturated heterocycles. The minimum atomic E-state index is -0.0180. The van der Waals surface area contributed by atoms with E-state index in [0.717, 1.165) is 26.8 Å². The molecule has 4 nitrogen and oxygen atoms in total. The Morgan fingerprint density at radius 1 is 1.19 bits per heavy atom. The smallest absolute Gasteiger partial charge is 0.237 e. The Bertz CT molecular complexity index is 930. The SMILES string of the molecule is Cc1ccc(N(CCC#N)C(=O)CSc2nc(-c3ccccc3)cs2)cc1. The van der Waals surface area contributed by atoms with Gasteiger partial charge in [-0.1, -0.05) is 59.8 Å². The molecule has 1 amide bonds. The highest BCUT2D eigenvalue weighted by molar-refractivity contribution is 8.01. The zero-order valence-corrected chi connectivity index (χ0v) is 16.6. The molecule has 0 unspecified atom stereocenters. The van der Waals surface area contributed by atoms with Gasteiger partial charge in [0, 0.05) is 23.2 Å². The quantitative estimate of drug-likeness (QED) is 0.520. The number of benzene rings is 2. The fourth-order valence-corrected chi connectivity index (χ4v) is 4.26. The van der Waals surface area contributed by atoms with E-state index < -0.39 is 0 Å². The molecule has 1 heterocycles. The summed E-state index contributed by atoms with van der Waals surface area (Å²) in [4.78, 5) is 19.1. The first-order valence-corrected chi connectivity index (χ1v) is 10.4. The Morgan fingerprint density at radius 2 is 1.93 bits per heavy atom.